The molecule has 1 aromatic carbocycles. The molecule has 2 amide bonds. The Bertz CT molecular complexity index is 586. The van der Waals surface area contributed by atoms with E-state index in [1.165, 1.54) is 12.1 Å². The monoisotopic (exact) mass is 281 g/mol. The number of hydroxylamine groups is 2. The molecule has 5 nitrogen and oxygen atoms in total. The Morgan fingerprint density at radius 1 is 1.15 bits per heavy atom. The summed E-state index contributed by atoms with van der Waals surface area (Å²) >= 11 is 0. The summed E-state index contributed by atoms with van der Waals surface area (Å²) in [6.45, 7) is 0. The number of hydrogen-bond acceptors (Lipinski definition) is 4. The van der Waals surface area contributed by atoms with E-state index in [4.69, 9.17) is 0 Å². The van der Waals surface area contributed by atoms with Crippen LogP contribution in [0.4, 0.5) is 8.78 Å². The molecule has 104 valence electrons. The van der Waals surface area contributed by atoms with Crippen LogP contribution < -0.4 is 0 Å². The number of fused-ring (bicyclic) bond motifs is 1. The van der Waals surface area contributed by atoms with E-state index < -0.39 is 42.5 Å². The van der Waals surface area contributed by atoms with Crippen molar-refractivity contribution in [2.75, 3.05) is 0 Å². The quantitative estimate of drug-likeness (QED) is 0.775. The molecule has 0 aromatic heterocycles. The number of alkyl halides is 2. The first-order valence-corrected chi connectivity index (χ1v) is 5.96. The van der Waals surface area contributed by atoms with Gasteiger partial charge in [-0.3, -0.25) is 9.59 Å². The summed E-state index contributed by atoms with van der Waals surface area (Å²) in [5, 5.41) is 0.337. The van der Waals surface area contributed by atoms with Gasteiger partial charge >= 0.3 is 5.97 Å². The number of carbonyl (C=O) groups excluding carboxylic acids is 3. The lowest BCUT2D eigenvalue weighted by atomic mass is 9.81. The molecule has 1 aliphatic heterocycles. The van der Waals surface area contributed by atoms with Gasteiger partial charge in [0.2, 0.25) is 5.92 Å². The molecule has 7 heteroatoms. The molecule has 3 rings (SSSR count). The van der Waals surface area contributed by atoms with Crippen LogP contribution >= 0.6 is 0 Å². The molecule has 1 saturated carbocycles. The smallest absolute Gasteiger partial charge is 0.329 e. The average Bonchev–Trinajstić information content (AvgIpc) is 2.62. The van der Waals surface area contributed by atoms with Gasteiger partial charge in [0.05, 0.1) is 17.0 Å². The lowest BCUT2D eigenvalue weighted by Crippen LogP contribution is -2.44. The summed E-state index contributed by atoms with van der Waals surface area (Å²) in [6, 6.07) is 6.01. The summed E-state index contributed by atoms with van der Waals surface area (Å²) in [7, 11) is 0. The predicted molar refractivity (Wildman–Crippen MR) is 60.7 cm³/mol. The fourth-order valence-corrected chi connectivity index (χ4v) is 2.24. The average molecular weight is 281 g/mol. The minimum absolute atomic E-state index is 0.129. The second-order valence-corrected chi connectivity index (χ2v) is 4.82. The molecule has 0 bridgehead atoms. The Kier molecular flexibility index (Phi) is 2.60. The Morgan fingerprint density at radius 2 is 1.65 bits per heavy atom. The Labute approximate surface area is 112 Å². The third-order valence-corrected chi connectivity index (χ3v) is 3.36. The second-order valence-electron chi connectivity index (χ2n) is 4.82. The summed E-state index contributed by atoms with van der Waals surface area (Å²) in [6.07, 6.45) is -1.23. The maximum atomic E-state index is 12.7. The van der Waals surface area contributed by atoms with Crippen LogP contribution in [0, 0.1) is 5.92 Å². The Balaban J connectivity index is 1.73. The van der Waals surface area contributed by atoms with Crippen molar-refractivity contribution in [3.63, 3.8) is 0 Å². The van der Waals surface area contributed by atoms with E-state index in [1.54, 1.807) is 12.1 Å². The van der Waals surface area contributed by atoms with Gasteiger partial charge in [0.15, 0.2) is 0 Å². The molecule has 1 heterocycles. The number of imide groups is 1. The number of nitrogens with zero attached hydrogens (tertiary/aromatic N) is 1. The third kappa shape index (κ3) is 1.86. The zero-order chi connectivity index (χ0) is 14.5. The van der Waals surface area contributed by atoms with E-state index >= 15 is 0 Å². The maximum absolute atomic E-state index is 12.7. The SMILES string of the molecule is O=C(ON1C(=O)c2ccccc2C1=O)C1CC(F)(F)C1. The molecule has 1 aliphatic carbocycles. The molecule has 0 spiro atoms. The van der Waals surface area contributed by atoms with Crippen LogP contribution in [0.5, 0.6) is 0 Å². The summed E-state index contributed by atoms with van der Waals surface area (Å²) in [5.41, 5.74) is 0.258. The van der Waals surface area contributed by atoms with E-state index in [1.807, 2.05) is 0 Å². The number of rotatable bonds is 2. The minimum atomic E-state index is -2.87. The first-order valence-electron chi connectivity index (χ1n) is 5.96. The molecule has 0 radical (unpaired) electrons. The van der Waals surface area contributed by atoms with E-state index in [-0.39, 0.29) is 11.1 Å². The Hall–Kier alpha value is -2.31. The lowest BCUT2D eigenvalue weighted by Gasteiger charge is -2.33. The standard InChI is InChI=1S/C13H9F2NO4/c14-13(15)5-7(6-13)12(19)20-16-10(17)8-3-1-2-4-9(8)11(16)18/h1-4,7H,5-6H2. The first-order chi connectivity index (χ1) is 9.39. The summed E-state index contributed by atoms with van der Waals surface area (Å²) in [5.74, 6) is -6.35. The van der Waals surface area contributed by atoms with Crippen molar-refractivity contribution in [1.29, 1.82) is 0 Å². The number of hydrogen-bond donors (Lipinski definition) is 0. The van der Waals surface area contributed by atoms with Crippen molar-refractivity contribution >= 4 is 17.8 Å². The van der Waals surface area contributed by atoms with Crippen molar-refractivity contribution in [1.82, 2.24) is 5.06 Å². The zero-order valence-corrected chi connectivity index (χ0v) is 10.1. The number of amides is 2. The second kappa shape index (κ2) is 4.09. The van der Waals surface area contributed by atoms with E-state index in [0.29, 0.717) is 5.06 Å². The summed E-state index contributed by atoms with van der Waals surface area (Å²) < 4.78 is 25.4. The predicted octanol–water partition coefficient (Wildman–Crippen LogP) is 1.79. The van der Waals surface area contributed by atoms with Gasteiger partial charge in [0.1, 0.15) is 0 Å². The number of halogens is 2. The molecule has 0 atom stereocenters. The van der Waals surface area contributed by atoms with Crippen LogP contribution in [0.2, 0.25) is 0 Å². The molecule has 0 N–H and O–H groups in total. The number of carbonyl (C=O) groups is 3. The van der Waals surface area contributed by atoms with Crippen LogP contribution in [0.3, 0.4) is 0 Å². The normalized spacial score (nSPS) is 20.6. The number of benzene rings is 1. The zero-order valence-electron chi connectivity index (χ0n) is 10.1. The van der Waals surface area contributed by atoms with E-state index in [0.717, 1.165) is 0 Å². The highest BCUT2D eigenvalue weighted by Gasteiger charge is 2.51. The highest BCUT2D eigenvalue weighted by Crippen LogP contribution is 2.43. The largest absolute Gasteiger partial charge is 0.336 e. The molecule has 1 fully saturated rings. The van der Waals surface area contributed by atoms with Crippen LogP contribution in [-0.2, 0) is 9.63 Å². The summed E-state index contributed by atoms with van der Waals surface area (Å²) in [4.78, 5) is 40.0. The first kappa shape index (κ1) is 12.7. The Morgan fingerprint density at radius 3 is 2.10 bits per heavy atom. The van der Waals surface area contributed by atoms with Crippen molar-refractivity contribution in [2.45, 2.75) is 18.8 Å². The van der Waals surface area contributed by atoms with Crippen molar-refractivity contribution in [3.8, 4) is 0 Å². The molecule has 1 aromatic rings. The minimum Gasteiger partial charge on any atom is -0.329 e. The van der Waals surface area contributed by atoms with Gasteiger partial charge in [-0.1, -0.05) is 17.2 Å². The molecular weight excluding hydrogens is 272 g/mol. The van der Waals surface area contributed by atoms with Gasteiger partial charge in [-0.05, 0) is 12.1 Å². The van der Waals surface area contributed by atoms with Crippen molar-refractivity contribution in [3.05, 3.63) is 35.4 Å². The van der Waals surface area contributed by atoms with E-state index in [2.05, 4.69) is 4.84 Å². The fourth-order valence-electron chi connectivity index (χ4n) is 2.24. The van der Waals surface area contributed by atoms with Gasteiger partial charge in [-0.15, -0.1) is 0 Å². The van der Waals surface area contributed by atoms with Crippen LogP contribution in [-0.4, -0.2) is 28.8 Å². The van der Waals surface area contributed by atoms with E-state index in [9.17, 15) is 23.2 Å². The van der Waals surface area contributed by atoms with Crippen LogP contribution in [0.1, 0.15) is 33.6 Å². The fraction of sp³-hybridized carbons (Fsp3) is 0.308. The van der Waals surface area contributed by atoms with Gasteiger partial charge < -0.3 is 4.84 Å². The molecule has 0 unspecified atom stereocenters. The van der Waals surface area contributed by atoms with Gasteiger partial charge in [0.25, 0.3) is 11.8 Å². The van der Waals surface area contributed by atoms with Crippen LogP contribution in [0.25, 0.3) is 0 Å². The van der Waals surface area contributed by atoms with Crippen molar-refractivity contribution < 1.29 is 28.0 Å². The maximum Gasteiger partial charge on any atom is 0.336 e. The molecule has 20 heavy (non-hydrogen) atoms. The van der Waals surface area contributed by atoms with Gasteiger partial charge in [-0.25, -0.2) is 13.6 Å². The van der Waals surface area contributed by atoms with Gasteiger partial charge in [0, 0.05) is 12.8 Å². The van der Waals surface area contributed by atoms with Crippen LogP contribution in [0.15, 0.2) is 24.3 Å². The highest BCUT2D eigenvalue weighted by molar-refractivity contribution is 6.20. The van der Waals surface area contributed by atoms with Crippen molar-refractivity contribution in [2.24, 2.45) is 5.92 Å². The molecule has 2 aliphatic rings. The van der Waals surface area contributed by atoms with Gasteiger partial charge in [-0.2, -0.15) is 0 Å². The molecular formula is C13H9F2NO4. The lowest BCUT2D eigenvalue weighted by molar-refractivity contribution is -0.193. The topological polar surface area (TPSA) is 63.7 Å². The molecule has 0 saturated heterocycles. The third-order valence-electron chi connectivity index (χ3n) is 3.36. The highest BCUT2D eigenvalue weighted by atomic mass is 19.3.